The van der Waals surface area contributed by atoms with Crippen LogP contribution >= 0.6 is 12.2 Å². The number of para-hydroxylation sites is 1. The maximum atomic E-state index is 13.6. The molecule has 0 unspecified atom stereocenters. The van der Waals surface area contributed by atoms with Crippen molar-refractivity contribution in [1.29, 1.82) is 0 Å². The first-order chi connectivity index (χ1) is 9.49. The molecule has 3 N–H and O–H groups in total. The minimum absolute atomic E-state index is 0.191. The van der Waals surface area contributed by atoms with Gasteiger partial charge in [-0.05, 0) is 30.7 Å². The molecule has 20 heavy (non-hydrogen) atoms. The number of anilines is 1. The van der Waals surface area contributed by atoms with Gasteiger partial charge in [0.1, 0.15) is 10.8 Å². The number of carbonyl (C=O) groups is 1. The summed E-state index contributed by atoms with van der Waals surface area (Å²) < 4.78 is 13.6. The minimum atomic E-state index is -0.460. The van der Waals surface area contributed by atoms with Crippen LogP contribution in [0.5, 0.6) is 0 Å². The number of rotatable bonds is 3. The molecule has 102 valence electrons. The third-order valence-electron chi connectivity index (χ3n) is 2.89. The van der Waals surface area contributed by atoms with Crippen molar-refractivity contribution in [3.8, 4) is 0 Å². The van der Waals surface area contributed by atoms with Gasteiger partial charge in [0.15, 0.2) is 0 Å². The molecule has 0 aliphatic carbocycles. The highest BCUT2D eigenvalue weighted by Gasteiger charge is 2.11. The Morgan fingerprint density at radius 2 is 1.75 bits per heavy atom. The molecule has 0 spiro atoms. The molecule has 0 aromatic heterocycles. The van der Waals surface area contributed by atoms with Crippen LogP contribution in [0, 0.1) is 12.7 Å². The van der Waals surface area contributed by atoms with E-state index in [1.54, 1.807) is 43.3 Å². The minimum Gasteiger partial charge on any atom is -0.389 e. The molecule has 5 heteroatoms. The van der Waals surface area contributed by atoms with Gasteiger partial charge in [-0.3, -0.25) is 4.79 Å². The molecule has 2 aromatic carbocycles. The van der Waals surface area contributed by atoms with Crippen LogP contribution in [-0.4, -0.2) is 10.9 Å². The van der Waals surface area contributed by atoms with Crippen molar-refractivity contribution in [2.75, 3.05) is 5.32 Å². The number of nitrogens with one attached hydrogen (secondary N) is 1. The highest BCUT2D eigenvalue weighted by atomic mass is 32.1. The van der Waals surface area contributed by atoms with Crippen LogP contribution in [0.3, 0.4) is 0 Å². The summed E-state index contributed by atoms with van der Waals surface area (Å²) in [4.78, 5) is 12.3. The highest BCUT2D eigenvalue weighted by molar-refractivity contribution is 7.80. The number of amides is 1. The zero-order valence-electron chi connectivity index (χ0n) is 10.8. The van der Waals surface area contributed by atoms with Crippen LogP contribution in [0.25, 0.3) is 0 Å². The Balaban J connectivity index is 2.22. The van der Waals surface area contributed by atoms with Gasteiger partial charge in [0.2, 0.25) is 0 Å². The molecule has 0 radical (unpaired) electrons. The van der Waals surface area contributed by atoms with Crippen molar-refractivity contribution < 1.29 is 9.18 Å². The second kappa shape index (κ2) is 5.79. The van der Waals surface area contributed by atoms with E-state index in [0.29, 0.717) is 16.7 Å². The first kappa shape index (κ1) is 14.1. The van der Waals surface area contributed by atoms with Gasteiger partial charge in [0, 0.05) is 11.1 Å². The zero-order valence-corrected chi connectivity index (χ0v) is 11.6. The van der Waals surface area contributed by atoms with Crippen LogP contribution < -0.4 is 11.1 Å². The van der Waals surface area contributed by atoms with Gasteiger partial charge < -0.3 is 11.1 Å². The van der Waals surface area contributed by atoms with E-state index in [-0.39, 0.29) is 16.6 Å². The molecule has 0 aliphatic heterocycles. The Bertz CT molecular complexity index is 648. The monoisotopic (exact) mass is 288 g/mol. The lowest BCUT2D eigenvalue weighted by atomic mass is 10.1. The maximum absolute atomic E-state index is 13.6. The molecule has 0 saturated carbocycles. The first-order valence-electron chi connectivity index (χ1n) is 5.95. The molecule has 3 nitrogen and oxygen atoms in total. The van der Waals surface area contributed by atoms with Gasteiger partial charge in [0.05, 0.1) is 5.69 Å². The number of aryl methyl sites for hydroxylation is 1. The van der Waals surface area contributed by atoms with E-state index in [1.165, 1.54) is 6.07 Å². The number of carbonyl (C=O) groups excluding carboxylic acids is 1. The van der Waals surface area contributed by atoms with Crippen molar-refractivity contribution >= 4 is 28.8 Å². The summed E-state index contributed by atoms with van der Waals surface area (Å²) in [7, 11) is 0. The molecule has 0 heterocycles. The Kier molecular flexibility index (Phi) is 4.10. The third-order valence-corrected chi connectivity index (χ3v) is 3.13. The van der Waals surface area contributed by atoms with Gasteiger partial charge in [-0.25, -0.2) is 4.39 Å². The van der Waals surface area contributed by atoms with Crippen molar-refractivity contribution in [1.82, 2.24) is 0 Å². The quantitative estimate of drug-likeness (QED) is 0.854. The van der Waals surface area contributed by atoms with E-state index in [0.717, 1.165) is 0 Å². The predicted molar refractivity (Wildman–Crippen MR) is 81.4 cm³/mol. The molecule has 0 fully saturated rings. The van der Waals surface area contributed by atoms with Gasteiger partial charge in [-0.15, -0.1) is 0 Å². The maximum Gasteiger partial charge on any atom is 0.255 e. The van der Waals surface area contributed by atoms with Crippen molar-refractivity contribution in [2.45, 2.75) is 6.92 Å². The molecule has 0 aliphatic rings. The van der Waals surface area contributed by atoms with E-state index in [2.05, 4.69) is 5.32 Å². The van der Waals surface area contributed by atoms with Crippen LogP contribution in [0.1, 0.15) is 21.5 Å². The van der Waals surface area contributed by atoms with E-state index < -0.39 is 5.82 Å². The van der Waals surface area contributed by atoms with Gasteiger partial charge in [-0.1, -0.05) is 36.5 Å². The fourth-order valence-corrected chi connectivity index (χ4v) is 1.90. The van der Waals surface area contributed by atoms with Gasteiger partial charge in [-0.2, -0.15) is 0 Å². The average molecular weight is 288 g/mol. The summed E-state index contributed by atoms with van der Waals surface area (Å²) >= 11 is 4.84. The first-order valence-corrected chi connectivity index (χ1v) is 6.36. The lowest BCUT2D eigenvalue weighted by Crippen LogP contribution is -2.15. The SMILES string of the molecule is Cc1cccc(F)c1NC(=O)c1ccc(C(N)=S)cc1. The summed E-state index contributed by atoms with van der Waals surface area (Å²) in [6.07, 6.45) is 0. The second-order valence-electron chi connectivity index (χ2n) is 4.33. The largest absolute Gasteiger partial charge is 0.389 e. The molecule has 2 aromatic rings. The predicted octanol–water partition coefficient (Wildman–Crippen LogP) is 3.02. The Hall–Kier alpha value is -2.27. The number of nitrogens with two attached hydrogens (primary N) is 1. The normalized spacial score (nSPS) is 10.1. The second-order valence-corrected chi connectivity index (χ2v) is 4.77. The van der Waals surface area contributed by atoms with Gasteiger partial charge >= 0.3 is 0 Å². The Labute approximate surface area is 121 Å². The summed E-state index contributed by atoms with van der Waals surface area (Å²) in [5, 5.41) is 2.57. The number of hydrogen-bond acceptors (Lipinski definition) is 2. The smallest absolute Gasteiger partial charge is 0.255 e. The standard InChI is InChI=1S/C15H13FN2OS/c1-9-3-2-4-12(16)13(9)18-15(19)11-7-5-10(6-8-11)14(17)20/h2-8H,1H3,(H2,17,20)(H,18,19). The lowest BCUT2D eigenvalue weighted by Gasteiger charge is -2.09. The molecule has 0 atom stereocenters. The lowest BCUT2D eigenvalue weighted by molar-refractivity contribution is 0.102. The Morgan fingerprint density at radius 1 is 1.15 bits per heavy atom. The number of thiocarbonyl (C=S) groups is 1. The van der Waals surface area contributed by atoms with Crippen LogP contribution in [0.15, 0.2) is 42.5 Å². The fourth-order valence-electron chi connectivity index (χ4n) is 1.76. The van der Waals surface area contributed by atoms with Crippen molar-refractivity contribution in [3.05, 3.63) is 65.0 Å². The summed E-state index contributed by atoms with van der Waals surface area (Å²) in [6.45, 7) is 1.73. The number of hydrogen-bond donors (Lipinski definition) is 2. The van der Waals surface area contributed by atoms with E-state index in [4.69, 9.17) is 18.0 Å². The Morgan fingerprint density at radius 3 is 2.30 bits per heavy atom. The average Bonchev–Trinajstić information content (AvgIpc) is 2.43. The molecule has 0 saturated heterocycles. The van der Waals surface area contributed by atoms with E-state index in [1.807, 2.05) is 0 Å². The van der Waals surface area contributed by atoms with Crippen molar-refractivity contribution in [2.24, 2.45) is 5.73 Å². The topological polar surface area (TPSA) is 55.1 Å². The fraction of sp³-hybridized carbons (Fsp3) is 0.0667. The molecule has 0 bridgehead atoms. The van der Waals surface area contributed by atoms with E-state index in [9.17, 15) is 9.18 Å². The summed E-state index contributed by atoms with van der Waals surface area (Å²) in [5.74, 6) is -0.842. The zero-order chi connectivity index (χ0) is 14.7. The summed E-state index contributed by atoms with van der Waals surface area (Å²) in [5.41, 5.74) is 7.43. The summed E-state index contributed by atoms with van der Waals surface area (Å²) in [6, 6.07) is 11.1. The number of benzene rings is 2. The molecular weight excluding hydrogens is 275 g/mol. The van der Waals surface area contributed by atoms with E-state index >= 15 is 0 Å². The molecular formula is C15H13FN2OS. The number of halogens is 1. The van der Waals surface area contributed by atoms with Crippen LogP contribution in [0.2, 0.25) is 0 Å². The third kappa shape index (κ3) is 3.00. The van der Waals surface area contributed by atoms with Crippen LogP contribution in [0.4, 0.5) is 10.1 Å². The van der Waals surface area contributed by atoms with Crippen LogP contribution in [-0.2, 0) is 0 Å². The van der Waals surface area contributed by atoms with Crippen molar-refractivity contribution in [3.63, 3.8) is 0 Å². The molecule has 1 amide bonds. The van der Waals surface area contributed by atoms with Gasteiger partial charge in [0.25, 0.3) is 5.91 Å². The highest BCUT2D eigenvalue weighted by Crippen LogP contribution is 2.19. The molecule has 2 rings (SSSR count).